The van der Waals surface area contributed by atoms with Gasteiger partial charge in [0.15, 0.2) is 0 Å². The molecule has 0 bridgehead atoms. The third kappa shape index (κ3) is 3.98. The number of rotatable bonds is 3. The Kier molecular flexibility index (Phi) is 7.33. The first-order chi connectivity index (χ1) is 5.36. The molecule has 58 valence electrons. The maximum absolute atomic E-state index is 10.2. The van der Waals surface area contributed by atoms with E-state index in [0.717, 1.165) is 11.1 Å². The fourth-order valence-corrected chi connectivity index (χ4v) is 0.938. The Morgan fingerprint density at radius 1 is 1.25 bits per heavy atom. The largest absolute Gasteiger partial charge is 1.00 e. The van der Waals surface area contributed by atoms with Gasteiger partial charge in [-0.2, -0.15) is 0 Å². The van der Waals surface area contributed by atoms with Gasteiger partial charge in [-0.05, 0) is 17.5 Å². The van der Waals surface area contributed by atoms with Gasteiger partial charge >= 0.3 is 51.4 Å². The van der Waals surface area contributed by atoms with Crippen LogP contribution in [-0.2, 0) is 6.42 Å². The molecule has 1 rings (SSSR count). The number of benzene rings is 1. The summed E-state index contributed by atoms with van der Waals surface area (Å²) >= 11 is 0. The van der Waals surface area contributed by atoms with Crippen molar-refractivity contribution in [3.8, 4) is 0 Å². The van der Waals surface area contributed by atoms with E-state index in [1.807, 2.05) is 24.3 Å². The molecule has 0 saturated heterocycles. The Balaban J connectivity index is 0.00000121. The molecule has 0 atom stereocenters. The molecule has 0 saturated carbocycles. The monoisotopic (exact) mass is 186 g/mol. The van der Waals surface area contributed by atoms with Crippen molar-refractivity contribution >= 4 is 6.08 Å². The molecule has 0 N–H and O–H groups in total. The van der Waals surface area contributed by atoms with Crippen LogP contribution in [0.1, 0.15) is 11.1 Å². The minimum atomic E-state index is -0.0343. The van der Waals surface area contributed by atoms with Crippen molar-refractivity contribution in [2.45, 2.75) is 6.42 Å². The van der Waals surface area contributed by atoms with Crippen molar-refractivity contribution in [3.63, 3.8) is 0 Å². The maximum Gasteiger partial charge on any atom is 1.00 e. The molecule has 0 heterocycles. The molecule has 0 amide bonds. The molecule has 0 aliphatic rings. The summed E-state index contributed by atoms with van der Waals surface area (Å²) in [4.78, 5) is 0. The van der Waals surface area contributed by atoms with E-state index in [1.165, 1.54) is 0 Å². The van der Waals surface area contributed by atoms with Crippen molar-refractivity contribution in [2.75, 3.05) is 6.61 Å². The van der Waals surface area contributed by atoms with Gasteiger partial charge in [0.2, 0.25) is 0 Å². The van der Waals surface area contributed by atoms with E-state index in [4.69, 9.17) is 0 Å². The summed E-state index contributed by atoms with van der Waals surface area (Å²) in [5.74, 6) is 0. The van der Waals surface area contributed by atoms with Crippen molar-refractivity contribution in [1.29, 1.82) is 0 Å². The van der Waals surface area contributed by atoms with Crippen LogP contribution in [0.5, 0.6) is 0 Å². The first-order valence-electron chi connectivity index (χ1n) is 3.66. The molecular formula is C10H11KO. The van der Waals surface area contributed by atoms with Crippen molar-refractivity contribution < 1.29 is 56.5 Å². The SMILES string of the molecule is C=Cc1ccc(CC[O-])cc1.[K+]. The molecule has 0 unspecified atom stereocenters. The van der Waals surface area contributed by atoms with Crippen LogP contribution >= 0.6 is 0 Å². The van der Waals surface area contributed by atoms with Gasteiger partial charge < -0.3 is 5.11 Å². The molecular weight excluding hydrogens is 175 g/mol. The van der Waals surface area contributed by atoms with Gasteiger partial charge in [0.1, 0.15) is 0 Å². The van der Waals surface area contributed by atoms with Gasteiger partial charge in [-0.1, -0.05) is 36.9 Å². The van der Waals surface area contributed by atoms with Crippen molar-refractivity contribution in [3.05, 3.63) is 42.0 Å². The summed E-state index contributed by atoms with van der Waals surface area (Å²) < 4.78 is 0. The Morgan fingerprint density at radius 2 is 1.83 bits per heavy atom. The van der Waals surface area contributed by atoms with E-state index in [2.05, 4.69) is 6.58 Å². The van der Waals surface area contributed by atoms with E-state index in [9.17, 15) is 5.11 Å². The van der Waals surface area contributed by atoms with Crippen LogP contribution in [0.15, 0.2) is 30.8 Å². The molecule has 0 spiro atoms. The molecule has 12 heavy (non-hydrogen) atoms. The Morgan fingerprint density at radius 3 is 2.25 bits per heavy atom. The number of hydrogen-bond acceptors (Lipinski definition) is 1. The average Bonchev–Trinajstić information content (AvgIpc) is 2.07. The molecule has 2 heteroatoms. The fraction of sp³-hybridized carbons (Fsp3) is 0.200. The third-order valence-electron chi connectivity index (χ3n) is 1.61. The van der Waals surface area contributed by atoms with Gasteiger partial charge in [-0.25, -0.2) is 0 Å². The van der Waals surface area contributed by atoms with E-state index < -0.39 is 0 Å². The topological polar surface area (TPSA) is 23.1 Å². The second-order valence-corrected chi connectivity index (χ2v) is 2.40. The van der Waals surface area contributed by atoms with Gasteiger partial charge in [0, 0.05) is 0 Å². The summed E-state index contributed by atoms with van der Waals surface area (Å²) in [5, 5.41) is 10.2. The van der Waals surface area contributed by atoms with Crippen molar-refractivity contribution in [1.82, 2.24) is 0 Å². The minimum Gasteiger partial charge on any atom is -0.854 e. The Labute approximate surface area is 116 Å². The summed E-state index contributed by atoms with van der Waals surface area (Å²) in [6.45, 7) is 3.61. The summed E-state index contributed by atoms with van der Waals surface area (Å²) in [5.41, 5.74) is 2.20. The van der Waals surface area contributed by atoms with Crippen LogP contribution in [0.3, 0.4) is 0 Å². The predicted octanol–water partition coefficient (Wildman–Crippen LogP) is -1.76. The average molecular weight is 186 g/mol. The normalized spacial score (nSPS) is 8.75. The van der Waals surface area contributed by atoms with Gasteiger partial charge in [0.05, 0.1) is 0 Å². The van der Waals surface area contributed by atoms with Gasteiger partial charge in [0.25, 0.3) is 0 Å². The molecule has 1 nitrogen and oxygen atoms in total. The Hall–Kier alpha value is 0.556. The van der Waals surface area contributed by atoms with E-state index in [0.29, 0.717) is 6.42 Å². The first kappa shape index (κ1) is 12.6. The quantitative estimate of drug-likeness (QED) is 0.513. The second-order valence-electron chi connectivity index (χ2n) is 2.40. The summed E-state index contributed by atoms with van der Waals surface area (Å²) in [6.07, 6.45) is 2.42. The molecule has 0 aromatic heterocycles. The van der Waals surface area contributed by atoms with Gasteiger partial charge in [-0.3, -0.25) is 0 Å². The van der Waals surface area contributed by atoms with Crippen LogP contribution in [0.25, 0.3) is 6.08 Å². The zero-order chi connectivity index (χ0) is 8.10. The minimum absolute atomic E-state index is 0. The zero-order valence-electron chi connectivity index (χ0n) is 7.42. The zero-order valence-corrected chi connectivity index (χ0v) is 10.5. The van der Waals surface area contributed by atoms with E-state index in [1.54, 1.807) is 6.08 Å². The Bertz CT molecular complexity index is 228. The van der Waals surface area contributed by atoms with Crippen LogP contribution in [0, 0.1) is 0 Å². The van der Waals surface area contributed by atoms with Crippen LogP contribution in [0.4, 0.5) is 0 Å². The maximum atomic E-state index is 10.2. The van der Waals surface area contributed by atoms with Crippen LogP contribution < -0.4 is 56.5 Å². The van der Waals surface area contributed by atoms with Crippen LogP contribution in [-0.4, -0.2) is 6.61 Å². The van der Waals surface area contributed by atoms with E-state index in [-0.39, 0.29) is 58.0 Å². The smallest absolute Gasteiger partial charge is 0.854 e. The second kappa shape index (κ2) is 7.01. The summed E-state index contributed by atoms with van der Waals surface area (Å²) in [6, 6.07) is 7.87. The summed E-state index contributed by atoms with van der Waals surface area (Å²) in [7, 11) is 0. The third-order valence-corrected chi connectivity index (χ3v) is 1.61. The number of hydrogen-bond donors (Lipinski definition) is 0. The molecule has 1 aromatic rings. The predicted molar refractivity (Wildman–Crippen MR) is 45.1 cm³/mol. The van der Waals surface area contributed by atoms with E-state index >= 15 is 0 Å². The standard InChI is InChI=1S/C10H11O.K/c1-2-9-3-5-10(6-4-9)7-8-11;/h2-6H,1,7-8H2;/q-1;+1. The first-order valence-corrected chi connectivity index (χ1v) is 3.66. The molecule has 0 aliphatic carbocycles. The van der Waals surface area contributed by atoms with Crippen LogP contribution in [0.2, 0.25) is 0 Å². The van der Waals surface area contributed by atoms with Gasteiger partial charge in [-0.15, -0.1) is 6.61 Å². The molecule has 0 radical (unpaired) electrons. The molecule has 0 aliphatic heterocycles. The molecule has 0 fully saturated rings. The fourth-order valence-electron chi connectivity index (χ4n) is 0.938. The molecule has 1 aromatic carbocycles. The van der Waals surface area contributed by atoms with Crippen molar-refractivity contribution in [2.24, 2.45) is 0 Å².